The molecule has 1 aromatic rings. The molecule has 2 rings (SSSR count). The Balaban J connectivity index is 2.04. The van der Waals surface area contributed by atoms with Crippen LogP contribution < -0.4 is 5.32 Å². The van der Waals surface area contributed by atoms with Crippen LogP contribution in [0, 0.1) is 0 Å². The topological polar surface area (TPSA) is 58.1 Å². The monoisotopic (exact) mass is 206 g/mol. The van der Waals surface area contributed by atoms with Gasteiger partial charge in [0.25, 0.3) is 5.91 Å². The van der Waals surface area contributed by atoms with E-state index >= 15 is 0 Å². The lowest BCUT2D eigenvalue weighted by molar-refractivity contribution is 0.0789. The number of carbonyl (C=O) groups excluding carboxylic acids is 1. The highest BCUT2D eigenvalue weighted by atomic mass is 16.2. The summed E-state index contributed by atoms with van der Waals surface area (Å²) in [4.78, 5) is 13.8. The molecule has 80 valence electrons. The van der Waals surface area contributed by atoms with Gasteiger partial charge in [-0.2, -0.15) is 10.2 Å². The van der Waals surface area contributed by atoms with Gasteiger partial charge in [-0.05, 0) is 19.5 Å². The van der Waals surface area contributed by atoms with Gasteiger partial charge in [0.1, 0.15) is 0 Å². The van der Waals surface area contributed by atoms with Gasteiger partial charge in [-0.1, -0.05) is 0 Å². The lowest BCUT2D eigenvalue weighted by Crippen LogP contribution is -2.33. The van der Waals surface area contributed by atoms with Gasteiger partial charge in [0, 0.05) is 19.1 Å². The third-order valence-electron chi connectivity index (χ3n) is 2.71. The normalized spacial score (nSPS) is 20.6. The Morgan fingerprint density at radius 1 is 1.60 bits per heavy atom. The molecule has 5 nitrogen and oxygen atoms in total. The lowest BCUT2D eigenvalue weighted by Gasteiger charge is -2.15. The van der Waals surface area contributed by atoms with Gasteiger partial charge in [0.2, 0.25) is 0 Å². The van der Waals surface area contributed by atoms with E-state index in [9.17, 15) is 4.79 Å². The van der Waals surface area contributed by atoms with Crippen LogP contribution in [-0.2, 0) is 0 Å². The molecule has 5 heteroatoms. The Hall–Kier alpha value is -1.49. The molecule has 2 heterocycles. The van der Waals surface area contributed by atoms with Gasteiger partial charge in [-0.25, -0.2) is 0 Å². The fraction of sp³-hybridized carbons (Fsp3) is 0.500. The second-order valence-corrected chi connectivity index (χ2v) is 3.66. The van der Waals surface area contributed by atoms with E-state index < -0.39 is 0 Å². The zero-order valence-corrected chi connectivity index (χ0v) is 8.68. The van der Waals surface area contributed by atoms with Crippen molar-refractivity contribution in [3.63, 3.8) is 0 Å². The van der Waals surface area contributed by atoms with Crippen LogP contribution in [0.2, 0.25) is 0 Å². The van der Waals surface area contributed by atoms with Gasteiger partial charge in [-0.15, -0.1) is 0 Å². The second-order valence-electron chi connectivity index (χ2n) is 3.66. The van der Waals surface area contributed by atoms with Crippen molar-refractivity contribution < 1.29 is 4.79 Å². The molecule has 0 bridgehead atoms. The number of rotatable bonds is 2. The van der Waals surface area contributed by atoms with Gasteiger partial charge < -0.3 is 10.2 Å². The van der Waals surface area contributed by atoms with Gasteiger partial charge in [-0.3, -0.25) is 4.79 Å². The molecule has 15 heavy (non-hydrogen) atoms. The van der Waals surface area contributed by atoms with Crippen LogP contribution >= 0.6 is 0 Å². The lowest BCUT2D eigenvalue weighted by atomic mass is 10.3. The number of amides is 1. The van der Waals surface area contributed by atoms with Crippen molar-refractivity contribution in [2.45, 2.75) is 12.5 Å². The largest absolute Gasteiger partial charge is 0.337 e. The maximum Gasteiger partial charge on any atom is 0.255 e. The molecule has 1 fully saturated rings. The zero-order chi connectivity index (χ0) is 10.7. The Kier molecular flexibility index (Phi) is 2.91. The SMILES string of the molecule is CNC1CCN(C(=O)c2ccnnc2)C1. The van der Waals surface area contributed by atoms with Crippen LogP contribution in [0.5, 0.6) is 0 Å². The molecule has 1 saturated heterocycles. The molecule has 1 aliphatic heterocycles. The smallest absolute Gasteiger partial charge is 0.255 e. The fourth-order valence-electron chi connectivity index (χ4n) is 1.78. The average Bonchev–Trinajstić information content (AvgIpc) is 2.78. The van der Waals surface area contributed by atoms with Crippen molar-refractivity contribution in [3.05, 3.63) is 24.0 Å². The van der Waals surface area contributed by atoms with Crippen molar-refractivity contribution in [2.75, 3.05) is 20.1 Å². The highest BCUT2D eigenvalue weighted by Gasteiger charge is 2.25. The van der Waals surface area contributed by atoms with Crippen LogP contribution in [0.3, 0.4) is 0 Å². The number of hydrogen-bond donors (Lipinski definition) is 1. The quantitative estimate of drug-likeness (QED) is 0.734. The van der Waals surface area contributed by atoms with E-state index in [1.54, 1.807) is 12.3 Å². The predicted molar refractivity (Wildman–Crippen MR) is 55.4 cm³/mol. The number of likely N-dealkylation sites (tertiary alicyclic amines) is 1. The van der Waals surface area contributed by atoms with E-state index in [4.69, 9.17) is 0 Å². The average molecular weight is 206 g/mol. The third kappa shape index (κ3) is 2.12. The minimum atomic E-state index is 0.0441. The summed E-state index contributed by atoms with van der Waals surface area (Å²) in [6.45, 7) is 1.59. The number of nitrogens with one attached hydrogen (secondary N) is 1. The maximum atomic E-state index is 11.9. The highest BCUT2D eigenvalue weighted by Crippen LogP contribution is 2.12. The van der Waals surface area contributed by atoms with Gasteiger partial charge >= 0.3 is 0 Å². The summed E-state index contributed by atoms with van der Waals surface area (Å²) in [6.07, 6.45) is 4.06. The minimum absolute atomic E-state index is 0.0441. The molecule has 0 spiro atoms. The Morgan fingerprint density at radius 2 is 2.47 bits per heavy atom. The first-order chi connectivity index (χ1) is 7.31. The molecule has 1 amide bonds. The second kappa shape index (κ2) is 4.35. The molecule has 0 saturated carbocycles. The van der Waals surface area contributed by atoms with E-state index in [-0.39, 0.29) is 5.91 Å². The molecule has 0 radical (unpaired) electrons. The molecular formula is C10H14N4O. The first-order valence-corrected chi connectivity index (χ1v) is 5.04. The number of likely N-dealkylation sites (N-methyl/N-ethyl adjacent to an activating group) is 1. The van der Waals surface area contributed by atoms with Crippen LogP contribution in [-0.4, -0.2) is 47.2 Å². The summed E-state index contributed by atoms with van der Waals surface area (Å²) in [6, 6.07) is 2.12. The van der Waals surface area contributed by atoms with Crippen LogP contribution in [0.4, 0.5) is 0 Å². The zero-order valence-electron chi connectivity index (χ0n) is 8.68. The Morgan fingerprint density at radius 3 is 3.07 bits per heavy atom. The van der Waals surface area contributed by atoms with Gasteiger partial charge in [0.05, 0.1) is 18.0 Å². The number of hydrogen-bond acceptors (Lipinski definition) is 4. The van der Waals surface area contributed by atoms with E-state index in [0.717, 1.165) is 19.5 Å². The summed E-state index contributed by atoms with van der Waals surface area (Å²) in [7, 11) is 1.92. The Bertz CT molecular complexity index is 341. The summed E-state index contributed by atoms with van der Waals surface area (Å²) < 4.78 is 0. The summed E-state index contributed by atoms with van der Waals surface area (Å²) >= 11 is 0. The van der Waals surface area contributed by atoms with Crippen molar-refractivity contribution in [1.82, 2.24) is 20.4 Å². The van der Waals surface area contributed by atoms with Gasteiger partial charge in [0.15, 0.2) is 0 Å². The van der Waals surface area contributed by atoms with Crippen molar-refractivity contribution in [1.29, 1.82) is 0 Å². The third-order valence-corrected chi connectivity index (χ3v) is 2.71. The van der Waals surface area contributed by atoms with Crippen molar-refractivity contribution in [3.8, 4) is 0 Å². The molecule has 0 aromatic carbocycles. The fourth-order valence-corrected chi connectivity index (χ4v) is 1.78. The predicted octanol–water partition coefficient (Wildman–Crippen LogP) is -0.0895. The standard InChI is InChI=1S/C10H14N4O/c1-11-9-3-5-14(7-9)10(15)8-2-4-12-13-6-8/h2,4,6,9,11H,3,5,7H2,1H3. The van der Waals surface area contributed by atoms with Crippen LogP contribution in [0.15, 0.2) is 18.5 Å². The van der Waals surface area contributed by atoms with Crippen molar-refractivity contribution >= 4 is 5.91 Å². The van der Waals surface area contributed by atoms with Crippen molar-refractivity contribution in [2.24, 2.45) is 0 Å². The summed E-state index contributed by atoms with van der Waals surface area (Å²) in [5.74, 6) is 0.0441. The maximum absolute atomic E-state index is 11.9. The molecule has 0 aliphatic carbocycles. The van der Waals surface area contributed by atoms with E-state index in [1.807, 2.05) is 11.9 Å². The highest BCUT2D eigenvalue weighted by molar-refractivity contribution is 5.94. The van der Waals surface area contributed by atoms with E-state index in [1.165, 1.54) is 6.20 Å². The summed E-state index contributed by atoms with van der Waals surface area (Å²) in [5, 5.41) is 10.5. The van der Waals surface area contributed by atoms with Crippen LogP contribution in [0.1, 0.15) is 16.8 Å². The van der Waals surface area contributed by atoms with E-state index in [0.29, 0.717) is 11.6 Å². The van der Waals surface area contributed by atoms with Crippen LogP contribution in [0.25, 0.3) is 0 Å². The summed E-state index contributed by atoms with van der Waals surface area (Å²) in [5.41, 5.74) is 0.613. The molecule has 1 aliphatic rings. The number of nitrogens with zero attached hydrogens (tertiary/aromatic N) is 3. The first-order valence-electron chi connectivity index (χ1n) is 5.04. The molecule has 1 unspecified atom stereocenters. The number of carbonyl (C=O) groups is 1. The van der Waals surface area contributed by atoms with E-state index in [2.05, 4.69) is 15.5 Å². The molecule has 1 aromatic heterocycles. The minimum Gasteiger partial charge on any atom is -0.337 e. The molecular weight excluding hydrogens is 192 g/mol. The molecule has 1 atom stereocenters. The first kappa shape index (κ1) is 10.0. The number of aromatic nitrogens is 2. The molecule has 1 N–H and O–H groups in total. The Labute approximate surface area is 88.5 Å².